The summed E-state index contributed by atoms with van der Waals surface area (Å²) in [6.45, 7) is 7.86. The number of nitrogens with one attached hydrogen (secondary N) is 2. The zero-order valence-electron chi connectivity index (χ0n) is 14.0. The lowest BCUT2D eigenvalue weighted by Gasteiger charge is -2.36. The number of urea groups is 1. The maximum Gasteiger partial charge on any atom is 0.319 e. The van der Waals surface area contributed by atoms with Gasteiger partial charge in [0.2, 0.25) is 0 Å². The molecule has 7 nitrogen and oxygen atoms in total. The number of aromatic nitrogens is 1. The van der Waals surface area contributed by atoms with Crippen molar-refractivity contribution in [3.63, 3.8) is 0 Å². The van der Waals surface area contributed by atoms with Gasteiger partial charge in [-0.15, -0.1) is 0 Å². The summed E-state index contributed by atoms with van der Waals surface area (Å²) in [4.78, 5) is 15.7. The van der Waals surface area contributed by atoms with Crippen molar-refractivity contribution in [2.75, 3.05) is 37.4 Å². The minimum absolute atomic E-state index is 0.249. The van der Waals surface area contributed by atoms with Crippen LogP contribution in [-0.2, 0) is 12.5 Å². The van der Waals surface area contributed by atoms with Gasteiger partial charge in [-0.1, -0.05) is 0 Å². The van der Waals surface area contributed by atoms with E-state index in [0.717, 1.165) is 0 Å². The van der Waals surface area contributed by atoms with Crippen LogP contribution in [-0.4, -0.2) is 43.1 Å². The van der Waals surface area contributed by atoms with Gasteiger partial charge >= 0.3 is 6.03 Å². The van der Waals surface area contributed by atoms with Crippen LogP contribution in [0.1, 0.15) is 27.2 Å². The Bertz CT molecular complexity index is 431. The average Bonchev–Trinajstić information content (AvgIpc) is 2.53. The minimum Gasteiger partial charge on any atom is -0.338 e. The quantitative estimate of drug-likeness (QED) is 0.602. The predicted molar refractivity (Wildman–Crippen MR) is 93.2 cm³/mol. The fraction of sp³-hybridized carbons (Fsp3) is 0.600. The third kappa shape index (κ3) is 7.65. The van der Waals surface area contributed by atoms with E-state index < -0.39 is 10.9 Å². The molecule has 0 aliphatic carbocycles. The van der Waals surface area contributed by atoms with E-state index >= 15 is 0 Å². The molecular weight excluding hydrogens is 318 g/mol. The number of hydrogen-bond acceptors (Lipinski definition) is 5. The number of nitrogens with zero attached hydrogens (tertiary/aromatic N) is 1. The highest BCUT2D eigenvalue weighted by Crippen LogP contribution is 2.51. The first-order chi connectivity index (χ1) is 11.2. The van der Waals surface area contributed by atoms with Gasteiger partial charge in [-0.25, -0.2) is 4.79 Å². The molecule has 1 aromatic rings. The summed E-state index contributed by atoms with van der Waals surface area (Å²) in [5.41, 5.74) is 0.704. The van der Waals surface area contributed by atoms with E-state index in [1.54, 1.807) is 24.5 Å². The Balaban J connectivity index is 2.36. The van der Waals surface area contributed by atoms with Crippen LogP contribution in [0.25, 0.3) is 0 Å². The van der Waals surface area contributed by atoms with Crippen LogP contribution in [0.15, 0.2) is 24.5 Å². The Hall–Kier alpha value is -1.35. The zero-order chi connectivity index (χ0) is 17.0. The maximum atomic E-state index is 11.8. The molecule has 1 rings (SSSR count). The average molecular weight is 345 g/mol. The fourth-order valence-corrected chi connectivity index (χ4v) is 4.01. The Morgan fingerprint density at radius 3 is 2.17 bits per heavy atom. The lowest BCUT2D eigenvalue weighted by Crippen LogP contribution is -2.30. The zero-order valence-corrected chi connectivity index (χ0v) is 14.9. The SMILES string of the molecule is CCOS(CCCNC(=O)Nc1ccncc1)(OCC)OCC. The number of pyridine rings is 1. The second-order valence-electron chi connectivity index (χ2n) is 4.45. The molecule has 0 aliphatic heterocycles. The molecule has 132 valence electrons. The molecule has 1 aromatic heterocycles. The van der Waals surface area contributed by atoms with Crippen molar-refractivity contribution in [3.05, 3.63) is 24.5 Å². The molecule has 0 unspecified atom stereocenters. The Kier molecular flexibility index (Phi) is 9.61. The van der Waals surface area contributed by atoms with E-state index in [4.69, 9.17) is 12.5 Å². The summed E-state index contributed by atoms with van der Waals surface area (Å²) in [6.07, 6.45) is 3.96. The molecule has 1 heterocycles. The molecular formula is C15H27N3O4S. The van der Waals surface area contributed by atoms with Crippen LogP contribution in [0.4, 0.5) is 10.5 Å². The first-order valence-electron chi connectivity index (χ1n) is 7.84. The van der Waals surface area contributed by atoms with Gasteiger partial charge in [-0.05, 0) is 39.3 Å². The van der Waals surface area contributed by atoms with E-state index in [0.29, 0.717) is 44.2 Å². The van der Waals surface area contributed by atoms with Gasteiger partial charge in [-0.2, -0.15) is 0 Å². The number of carbonyl (C=O) groups excluding carboxylic acids is 1. The fourth-order valence-electron chi connectivity index (χ4n) is 1.88. The molecule has 0 spiro atoms. The molecule has 2 N–H and O–H groups in total. The lowest BCUT2D eigenvalue weighted by atomic mass is 10.4. The lowest BCUT2D eigenvalue weighted by molar-refractivity contribution is 0.185. The molecule has 0 bridgehead atoms. The van der Waals surface area contributed by atoms with Crippen molar-refractivity contribution in [1.82, 2.24) is 10.3 Å². The highest BCUT2D eigenvalue weighted by atomic mass is 32.3. The van der Waals surface area contributed by atoms with Crippen LogP contribution >= 0.6 is 10.9 Å². The van der Waals surface area contributed by atoms with E-state index in [1.165, 1.54) is 0 Å². The van der Waals surface area contributed by atoms with Crippen molar-refractivity contribution in [2.45, 2.75) is 27.2 Å². The van der Waals surface area contributed by atoms with E-state index in [-0.39, 0.29) is 6.03 Å². The summed E-state index contributed by atoms with van der Waals surface area (Å²) in [7, 11) is -1.98. The molecule has 2 amide bonds. The molecule has 23 heavy (non-hydrogen) atoms. The Morgan fingerprint density at radius 2 is 1.65 bits per heavy atom. The maximum absolute atomic E-state index is 11.8. The largest absolute Gasteiger partial charge is 0.338 e. The highest BCUT2D eigenvalue weighted by Gasteiger charge is 2.25. The van der Waals surface area contributed by atoms with Gasteiger partial charge in [0.15, 0.2) is 0 Å². The first kappa shape index (κ1) is 19.7. The standard InChI is InChI=1S/C15H27N3O4S/c1-4-20-23(21-5-2,22-6-3)13-7-10-17-15(19)18-14-8-11-16-12-9-14/h8-9,11-12H,4-7,10,13H2,1-3H3,(H2,16,17,18,19). The first-order valence-corrected chi connectivity index (χ1v) is 9.42. The van der Waals surface area contributed by atoms with Crippen molar-refractivity contribution in [3.8, 4) is 0 Å². The van der Waals surface area contributed by atoms with Crippen LogP contribution in [0.3, 0.4) is 0 Å². The van der Waals surface area contributed by atoms with E-state index in [9.17, 15) is 4.79 Å². The summed E-state index contributed by atoms with van der Waals surface area (Å²) in [5, 5.41) is 5.54. The number of anilines is 1. The number of carbonyl (C=O) groups is 1. The van der Waals surface area contributed by atoms with Crippen molar-refractivity contribution < 1.29 is 17.3 Å². The smallest absolute Gasteiger partial charge is 0.319 e. The molecule has 0 aromatic carbocycles. The molecule has 8 heteroatoms. The summed E-state index contributed by atoms with van der Waals surface area (Å²) in [5.74, 6) is 0.623. The predicted octanol–water partition coefficient (Wildman–Crippen LogP) is 3.25. The third-order valence-corrected chi connectivity index (χ3v) is 5.26. The molecule has 0 saturated heterocycles. The molecule has 0 fully saturated rings. The minimum atomic E-state index is -1.98. The van der Waals surface area contributed by atoms with Crippen molar-refractivity contribution >= 4 is 22.6 Å². The van der Waals surface area contributed by atoms with Crippen LogP contribution in [0.5, 0.6) is 0 Å². The van der Waals surface area contributed by atoms with Crippen LogP contribution < -0.4 is 10.6 Å². The second kappa shape index (κ2) is 11.2. The van der Waals surface area contributed by atoms with Crippen molar-refractivity contribution in [1.29, 1.82) is 0 Å². The van der Waals surface area contributed by atoms with Crippen LogP contribution in [0, 0.1) is 0 Å². The summed E-state index contributed by atoms with van der Waals surface area (Å²) < 4.78 is 17.2. The second-order valence-corrected chi connectivity index (χ2v) is 6.68. The highest BCUT2D eigenvalue weighted by molar-refractivity contribution is 8.21. The summed E-state index contributed by atoms with van der Waals surface area (Å²) >= 11 is 0. The number of amides is 2. The topological polar surface area (TPSA) is 81.7 Å². The number of hydrogen-bond donors (Lipinski definition) is 2. The van der Waals surface area contributed by atoms with Crippen molar-refractivity contribution in [2.24, 2.45) is 0 Å². The molecule has 0 radical (unpaired) electrons. The van der Waals surface area contributed by atoms with E-state index in [2.05, 4.69) is 15.6 Å². The van der Waals surface area contributed by atoms with Gasteiger partial charge in [0.25, 0.3) is 0 Å². The Labute approximate surface area is 140 Å². The Morgan fingerprint density at radius 1 is 1.09 bits per heavy atom. The summed E-state index contributed by atoms with van der Waals surface area (Å²) in [6, 6.07) is 3.21. The van der Waals surface area contributed by atoms with Gasteiger partial charge in [0.05, 0.1) is 30.7 Å². The van der Waals surface area contributed by atoms with Gasteiger partial charge < -0.3 is 10.6 Å². The monoisotopic (exact) mass is 345 g/mol. The molecule has 0 aliphatic rings. The number of rotatable bonds is 11. The normalized spacial score (nSPS) is 12.0. The van der Waals surface area contributed by atoms with E-state index in [1.807, 2.05) is 20.8 Å². The van der Waals surface area contributed by atoms with Gasteiger partial charge in [0, 0.05) is 30.4 Å². The van der Waals surface area contributed by atoms with Crippen LogP contribution in [0.2, 0.25) is 0 Å². The third-order valence-electron chi connectivity index (χ3n) is 2.69. The van der Waals surface area contributed by atoms with Gasteiger partial charge in [0.1, 0.15) is 0 Å². The van der Waals surface area contributed by atoms with Gasteiger partial charge in [-0.3, -0.25) is 17.5 Å². The molecule has 0 saturated carbocycles. The molecule has 0 atom stereocenters.